The van der Waals surface area contributed by atoms with Crippen LogP contribution in [0.1, 0.15) is 17.3 Å². The van der Waals surface area contributed by atoms with E-state index in [4.69, 9.17) is 4.74 Å². The van der Waals surface area contributed by atoms with Crippen LogP contribution in [-0.2, 0) is 4.79 Å². The van der Waals surface area contributed by atoms with Crippen LogP contribution < -0.4 is 10.1 Å². The smallest absolute Gasteiger partial charge is 0.262 e. The van der Waals surface area contributed by atoms with E-state index in [0.717, 1.165) is 32.7 Å². The molecule has 3 rings (SSSR count). The van der Waals surface area contributed by atoms with Gasteiger partial charge in [-0.25, -0.2) is 0 Å². The Labute approximate surface area is 123 Å². The van der Waals surface area contributed by atoms with Crippen LogP contribution in [0.25, 0.3) is 0 Å². The third-order valence-electron chi connectivity index (χ3n) is 3.97. The van der Waals surface area contributed by atoms with Gasteiger partial charge in [0.05, 0.1) is 11.3 Å². The molecule has 2 aliphatic rings. The minimum Gasteiger partial charge on any atom is -0.481 e. The lowest BCUT2D eigenvalue weighted by Gasteiger charge is -2.34. The SMILES string of the molecule is CCN1CCN(C(=O)c2cccc3c2OCC(=O)N3)CC1. The van der Waals surface area contributed by atoms with Crippen molar-refractivity contribution in [2.75, 3.05) is 44.6 Å². The van der Waals surface area contributed by atoms with Gasteiger partial charge in [-0.3, -0.25) is 9.59 Å². The highest BCUT2D eigenvalue weighted by Crippen LogP contribution is 2.32. The van der Waals surface area contributed by atoms with Crippen molar-refractivity contribution in [1.29, 1.82) is 0 Å². The summed E-state index contributed by atoms with van der Waals surface area (Å²) in [5, 5.41) is 2.73. The lowest BCUT2D eigenvalue weighted by molar-refractivity contribution is -0.118. The van der Waals surface area contributed by atoms with Crippen LogP contribution in [-0.4, -0.2) is 60.9 Å². The van der Waals surface area contributed by atoms with Crippen LogP contribution >= 0.6 is 0 Å². The van der Waals surface area contributed by atoms with Gasteiger partial charge in [-0.2, -0.15) is 0 Å². The van der Waals surface area contributed by atoms with E-state index >= 15 is 0 Å². The Morgan fingerprint density at radius 2 is 2.05 bits per heavy atom. The molecule has 6 nitrogen and oxygen atoms in total. The standard InChI is InChI=1S/C15H19N3O3/c1-2-17-6-8-18(9-7-17)15(20)11-4-3-5-12-14(11)21-10-13(19)16-12/h3-5H,2,6-10H2,1H3,(H,16,19). The van der Waals surface area contributed by atoms with Gasteiger partial charge in [-0.05, 0) is 18.7 Å². The fraction of sp³-hybridized carbons (Fsp3) is 0.467. The molecule has 21 heavy (non-hydrogen) atoms. The van der Waals surface area contributed by atoms with Gasteiger partial charge >= 0.3 is 0 Å². The Balaban J connectivity index is 1.79. The number of hydrogen-bond acceptors (Lipinski definition) is 4. The van der Waals surface area contributed by atoms with Crippen LogP contribution in [0.3, 0.4) is 0 Å². The average molecular weight is 289 g/mol. The Bertz CT molecular complexity index is 565. The molecule has 1 fully saturated rings. The molecule has 1 aromatic rings. The van der Waals surface area contributed by atoms with Crippen molar-refractivity contribution >= 4 is 17.5 Å². The van der Waals surface area contributed by atoms with E-state index < -0.39 is 0 Å². The quantitative estimate of drug-likeness (QED) is 0.874. The first-order chi connectivity index (χ1) is 10.2. The number of ether oxygens (including phenoxy) is 1. The third-order valence-corrected chi connectivity index (χ3v) is 3.97. The van der Waals surface area contributed by atoms with Crippen LogP contribution in [0.5, 0.6) is 5.75 Å². The molecular formula is C15H19N3O3. The van der Waals surface area contributed by atoms with Crippen molar-refractivity contribution in [3.8, 4) is 5.75 Å². The summed E-state index contributed by atoms with van der Waals surface area (Å²) >= 11 is 0. The van der Waals surface area contributed by atoms with Crippen LogP contribution in [0.15, 0.2) is 18.2 Å². The van der Waals surface area contributed by atoms with E-state index in [1.54, 1.807) is 18.2 Å². The lowest BCUT2D eigenvalue weighted by atomic mass is 10.1. The molecule has 0 radical (unpaired) electrons. The van der Waals surface area contributed by atoms with Crippen LogP contribution in [0, 0.1) is 0 Å². The Hall–Kier alpha value is -2.08. The number of para-hydroxylation sites is 1. The Kier molecular flexibility index (Phi) is 3.79. The number of anilines is 1. The number of nitrogens with one attached hydrogen (secondary N) is 1. The topological polar surface area (TPSA) is 61.9 Å². The van der Waals surface area contributed by atoms with Gasteiger partial charge in [0, 0.05) is 26.2 Å². The molecule has 0 unspecified atom stereocenters. The van der Waals surface area contributed by atoms with Gasteiger partial charge in [0.2, 0.25) is 0 Å². The van der Waals surface area contributed by atoms with E-state index in [1.165, 1.54) is 0 Å². The third kappa shape index (κ3) is 2.71. The molecule has 0 spiro atoms. The summed E-state index contributed by atoms with van der Waals surface area (Å²) in [7, 11) is 0. The molecule has 0 atom stereocenters. The fourth-order valence-electron chi connectivity index (χ4n) is 2.72. The van der Waals surface area contributed by atoms with Gasteiger partial charge in [0.25, 0.3) is 11.8 Å². The zero-order valence-corrected chi connectivity index (χ0v) is 12.1. The maximum Gasteiger partial charge on any atom is 0.262 e. The number of likely N-dealkylation sites (N-methyl/N-ethyl adjacent to an activating group) is 1. The highest BCUT2D eigenvalue weighted by atomic mass is 16.5. The second kappa shape index (κ2) is 5.73. The molecule has 6 heteroatoms. The summed E-state index contributed by atoms with van der Waals surface area (Å²) in [6, 6.07) is 5.27. The molecular weight excluding hydrogens is 270 g/mol. The largest absolute Gasteiger partial charge is 0.481 e. The molecule has 0 saturated carbocycles. The minimum absolute atomic E-state index is 0.0289. The molecule has 1 saturated heterocycles. The number of nitrogens with zero attached hydrogens (tertiary/aromatic N) is 2. The number of piperazine rings is 1. The second-order valence-electron chi connectivity index (χ2n) is 5.25. The lowest BCUT2D eigenvalue weighted by Crippen LogP contribution is -2.48. The normalized spacial score (nSPS) is 18.7. The summed E-state index contributed by atoms with van der Waals surface area (Å²) < 4.78 is 5.45. The van der Waals surface area contributed by atoms with E-state index in [2.05, 4.69) is 17.1 Å². The highest BCUT2D eigenvalue weighted by Gasteiger charge is 2.27. The zero-order chi connectivity index (χ0) is 14.8. The number of hydrogen-bond donors (Lipinski definition) is 1. The zero-order valence-electron chi connectivity index (χ0n) is 12.1. The predicted molar refractivity (Wildman–Crippen MR) is 78.6 cm³/mol. The summed E-state index contributed by atoms with van der Waals surface area (Å²) in [5.74, 6) is 0.266. The van der Waals surface area contributed by atoms with Crippen LogP contribution in [0.2, 0.25) is 0 Å². The molecule has 2 heterocycles. The molecule has 2 amide bonds. The van der Waals surface area contributed by atoms with Gasteiger partial charge in [0.1, 0.15) is 0 Å². The maximum atomic E-state index is 12.7. The van der Waals surface area contributed by atoms with Crippen molar-refractivity contribution < 1.29 is 14.3 Å². The summed E-state index contributed by atoms with van der Waals surface area (Å²) in [4.78, 5) is 28.2. The number of fused-ring (bicyclic) bond motifs is 1. The Morgan fingerprint density at radius 3 is 2.76 bits per heavy atom. The first-order valence-electron chi connectivity index (χ1n) is 7.26. The molecule has 1 N–H and O–H groups in total. The summed E-state index contributed by atoms with van der Waals surface area (Å²) in [5.41, 5.74) is 1.10. The highest BCUT2D eigenvalue weighted by molar-refractivity contribution is 6.03. The molecule has 0 bridgehead atoms. The summed E-state index contributed by atoms with van der Waals surface area (Å²) in [6.45, 7) is 6.34. The predicted octanol–water partition coefficient (Wildman–Crippen LogP) is 0.795. The minimum atomic E-state index is -0.191. The Morgan fingerprint density at radius 1 is 1.29 bits per heavy atom. The number of amides is 2. The number of carbonyl (C=O) groups excluding carboxylic acids is 2. The second-order valence-corrected chi connectivity index (χ2v) is 5.25. The average Bonchev–Trinajstić information content (AvgIpc) is 2.53. The van der Waals surface area contributed by atoms with Crippen molar-refractivity contribution in [2.24, 2.45) is 0 Å². The van der Waals surface area contributed by atoms with E-state index in [9.17, 15) is 9.59 Å². The van der Waals surface area contributed by atoms with E-state index in [1.807, 2.05) is 4.90 Å². The molecule has 2 aliphatic heterocycles. The van der Waals surface area contributed by atoms with Crippen LogP contribution in [0.4, 0.5) is 5.69 Å². The van der Waals surface area contributed by atoms with Gasteiger partial charge < -0.3 is 19.9 Å². The summed E-state index contributed by atoms with van der Waals surface area (Å²) in [6.07, 6.45) is 0. The molecule has 0 aliphatic carbocycles. The maximum absolute atomic E-state index is 12.7. The molecule has 1 aromatic carbocycles. The van der Waals surface area contributed by atoms with E-state index in [0.29, 0.717) is 17.0 Å². The monoisotopic (exact) mass is 289 g/mol. The van der Waals surface area contributed by atoms with Crippen molar-refractivity contribution in [3.05, 3.63) is 23.8 Å². The van der Waals surface area contributed by atoms with E-state index in [-0.39, 0.29) is 18.4 Å². The van der Waals surface area contributed by atoms with Gasteiger partial charge in [-0.15, -0.1) is 0 Å². The number of carbonyl (C=O) groups is 2. The van der Waals surface area contributed by atoms with Crippen molar-refractivity contribution in [2.45, 2.75) is 6.92 Å². The first kappa shape index (κ1) is 13.9. The van der Waals surface area contributed by atoms with Gasteiger partial charge in [0.15, 0.2) is 12.4 Å². The molecule has 112 valence electrons. The fourth-order valence-corrected chi connectivity index (χ4v) is 2.72. The first-order valence-corrected chi connectivity index (χ1v) is 7.26. The van der Waals surface area contributed by atoms with Crippen molar-refractivity contribution in [3.63, 3.8) is 0 Å². The number of rotatable bonds is 2. The number of benzene rings is 1. The molecule has 0 aromatic heterocycles. The van der Waals surface area contributed by atoms with Crippen molar-refractivity contribution in [1.82, 2.24) is 9.80 Å². The van der Waals surface area contributed by atoms with Gasteiger partial charge in [-0.1, -0.05) is 13.0 Å².